The average molecular weight is 189 g/mol. The lowest BCUT2D eigenvalue weighted by atomic mass is 10.1. The van der Waals surface area contributed by atoms with Gasteiger partial charge in [-0.15, -0.1) is 0 Å². The Balaban J connectivity index is 2.31. The molecule has 1 atom stereocenters. The first-order valence-electron chi connectivity index (χ1n) is 4.29. The fourth-order valence-corrected chi connectivity index (χ4v) is 1.28. The standard InChI is InChI=1S/C10H11N3O/c11-9-5-8(6-13-10(9)14)7-1-3-12-4-2-7/h1-6,10,13-14H,11H2. The van der Waals surface area contributed by atoms with Crippen LogP contribution in [0.25, 0.3) is 5.57 Å². The van der Waals surface area contributed by atoms with E-state index in [1.165, 1.54) is 0 Å². The minimum Gasteiger partial charge on any atom is -0.398 e. The Bertz CT molecular complexity index is 384. The summed E-state index contributed by atoms with van der Waals surface area (Å²) < 4.78 is 0. The Morgan fingerprint density at radius 1 is 1.36 bits per heavy atom. The molecule has 1 aromatic heterocycles. The van der Waals surface area contributed by atoms with Crippen molar-refractivity contribution >= 4 is 5.57 Å². The van der Waals surface area contributed by atoms with Gasteiger partial charge in [0.25, 0.3) is 0 Å². The molecule has 14 heavy (non-hydrogen) atoms. The molecule has 2 rings (SSSR count). The van der Waals surface area contributed by atoms with E-state index < -0.39 is 6.23 Å². The second kappa shape index (κ2) is 3.51. The van der Waals surface area contributed by atoms with Crippen LogP contribution in [-0.2, 0) is 0 Å². The van der Waals surface area contributed by atoms with E-state index in [2.05, 4.69) is 10.3 Å². The zero-order chi connectivity index (χ0) is 9.97. The molecule has 0 radical (unpaired) electrons. The summed E-state index contributed by atoms with van der Waals surface area (Å²) in [4.78, 5) is 3.93. The van der Waals surface area contributed by atoms with Gasteiger partial charge in [0.2, 0.25) is 0 Å². The van der Waals surface area contributed by atoms with Crippen LogP contribution in [0.4, 0.5) is 0 Å². The van der Waals surface area contributed by atoms with Gasteiger partial charge in [-0.2, -0.15) is 0 Å². The number of hydrogen-bond acceptors (Lipinski definition) is 4. The van der Waals surface area contributed by atoms with Crippen molar-refractivity contribution in [2.75, 3.05) is 0 Å². The van der Waals surface area contributed by atoms with Gasteiger partial charge >= 0.3 is 0 Å². The summed E-state index contributed by atoms with van der Waals surface area (Å²) in [5, 5.41) is 12.0. The molecular weight excluding hydrogens is 178 g/mol. The van der Waals surface area contributed by atoms with Gasteiger partial charge in [0.15, 0.2) is 6.23 Å². The highest BCUT2D eigenvalue weighted by molar-refractivity contribution is 5.75. The second-order valence-corrected chi connectivity index (χ2v) is 3.05. The van der Waals surface area contributed by atoms with Crippen LogP contribution < -0.4 is 11.1 Å². The molecule has 1 aliphatic rings. The van der Waals surface area contributed by atoms with Crippen LogP contribution in [-0.4, -0.2) is 16.3 Å². The van der Waals surface area contributed by atoms with Gasteiger partial charge in [-0.05, 0) is 29.3 Å². The quantitative estimate of drug-likeness (QED) is 0.589. The third-order valence-electron chi connectivity index (χ3n) is 2.05. The zero-order valence-corrected chi connectivity index (χ0v) is 7.51. The second-order valence-electron chi connectivity index (χ2n) is 3.05. The van der Waals surface area contributed by atoms with Gasteiger partial charge in [0, 0.05) is 18.6 Å². The molecule has 0 saturated heterocycles. The van der Waals surface area contributed by atoms with E-state index in [1.807, 2.05) is 12.1 Å². The number of aliphatic hydroxyl groups is 1. The van der Waals surface area contributed by atoms with Gasteiger partial charge in [0.1, 0.15) is 0 Å². The van der Waals surface area contributed by atoms with Gasteiger partial charge in [0.05, 0.1) is 5.70 Å². The fourth-order valence-electron chi connectivity index (χ4n) is 1.28. The summed E-state index contributed by atoms with van der Waals surface area (Å²) in [6.45, 7) is 0. The predicted octanol–water partition coefficient (Wildman–Crippen LogP) is 0.187. The zero-order valence-electron chi connectivity index (χ0n) is 7.51. The Morgan fingerprint density at radius 3 is 2.71 bits per heavy atom. The molecule has 0 amide bonds. The highest BCUT2D eigenvalue weighted by Crippen LogP contribution is 2.18. The first-order valence-corrected chi connectivity index (χ1v) is 4.29. The highest BCUT2D eigenvalue weighted by Gasteiger charge is 2.11. The molecule has 0 saturated carbocycles. The van der Waals surface area contributed by atoms with Crippen molar-refractivity contribution in [2.24, 2.45) is 5.73 Å². The van der Waals surface area contributed by atoms with Crippen LogP contribution in [0.3, 0.4) is 0 Å². The summed E-state index contributed by atoms with van der Waals surface area (Å²) in [5.74, 6) is 0. The van der Waals surface area contributed by atoms with E-state index >= 15 is 0 Å². The number of nitrogens with one attached hydrogen (secondary N) is 1. The minimum absolute atomic E-state index is 0.416. The smallest absolute Gasteiger partial charge is 0.164 e. The van der Waals surface area contributed by atoms with Crippen LogP contribution in [0.5, 0.6) is 0 Å². The van der Waals surface area contributed by atoms with Gasteiger partial charge in [-0.1, -0.05) is 0 Å². The van der Waals surface area contributed by atoms with Crippen molar-refractivity contribution in [1.29, 1.82) is 0 Å². The molecule has 0 fully saturated rings. The molecule has 4 heteroatoms. The molecule has 0 bridgehead atoms. The molecule has 0 spiro atoms. The van der Waals surface area contributed by atoms with Crippen LogP contribution >= 0.6 is 0 Å². The SMILES string of the molecule is NC1=CC(c2ccncc2)=CNC1O. The molecule has 4 nitrogen and oxygen atoms in total. The van der Waals surface area contributed by atoms with Crippen LogP contribution in [0.1, 0.15) is 5.56 Å². The number of aromatic nitrogens is 1. The Hall–Kier alpha value is -1.81. The van der Waals surface area contributed by atoms with Gasteiger partial charge < -0.3 is 16.2 Å². The Kier molecular flexibility index (Phi) is 2.20. The first kappa shape index (κ1) is 8.77. The van der Waals surface area contributed by atoms with Crippen molar-refractivity contribution in [3.05, 3.63) is 48.1 Å². The van der Waals surface area contributed by atoms with E-state index in [0.717, 1.165) is 11.1 Å². The van der Waals surface area contributed by atoms with Crippen molar-refractivity contribution in [3.8, 4) is 0 Å². The average Bonchev–Trinajstić information content (AvgIpc) is 2.23. The van der Waals surface area contributed by atoms with Gasteiger partial charge in [-0.3, -0.25) is 4.98 Å². The van der Waals surface area contributed by atoms with E-state index in [1.54, 1.807) is 24.7 Å². The number of nitrogens with zero attached hydrogens (tertiary/aromatic N) is 1. The lowest BCUT2D eigenvalue weighted by Crippen LogP contribution is -2.32. The van der Waals surface area contributed by atoms with E-state index in [9.17, 15) is 5.11 Å². The van der Waals surface area contributed by atoms with Crippen molar-refractivity contribution in [2.45, 2.75) is 6.23 Å². The largest absolute Gasteiger partial charge is 0.398 e. The third-order valence-corrected chi connectivity index (χ3v) is 2.05. The number of nitrogens with two attached hydrogens (primary N) is 1. The molecule has 0 aliphatic carbocycles. The summed E-state index contributed by atoms with van der Waals surface area (Å²) >= 11 is 0. The first-order chi connectivity index (χ1) is 6.77. The third kappa shape index (κ3) is 1.60. The summed E-state index contributed by atoms with van der Waals surface area (Å²) in [7, 11) is 0. The predicted molar refractivity (Wildman–Crippen MR) is 53.6 cm³/mol. The van der Waals surface area contributed by atoms with Gasteiger partial charge in [-0.25, -0.2) is 0 Å². The van der Waals surface area contributed by atoms with Crippen molar-refractivity contribution < 1.29 is 5.11 Å². The molecular formula is C10H11N3O. The molecule has 4 N–H and O–H groups in total. The maximum absolute atomic E-state index is 9.28. The normalized spacial score (nSPS) is 20.8. The Labute approximate surface area is 81.8 Å². The number of allylic oxidation sites excluding steroid dienone is 2. The molecule has 2 heterocycles. The highest BCUT2D eigenvalue weighted by atomic mass is 16.3. The fraction of sp³-hybridized carbons (Fsp3) is 0.100. The van der Waals surface area contributed by atoms with Crippen LogP contribution in [0.15, 0.2) is 42.5 Å². The topological polar surface area (TPSA) is 71.2 Å². The van der Waals surface area contributed by atoms with Crippen molar-refractivity contribution in [1.82, 2.24) is 10.3 Å². The molecule has 1 aromatic rings. The van der Waals surface area contributed by atoms with Crippen molar-refractivity contribution in [3.63, 3.8) is 0 Å². The number of aliphatic hydroxyl groups excluding tert-OH is 1. The summed E-state index contributed by atoms with van der Waals surface area (Å²) in [6.07, 6.45) is 6.13. The number of dihydropyridines is 1. The lowest BCUT2D eigenvalue weighted by Gasteiger charge is -2.18. The molecule has 1 unspecified atom stereocenters. The number of rotatable bonds is 1. The van der Waals surface area contributed by atoms with E-state index in [-0.39, 0.29) is 0 Å². The Morgan fingerprint density at radius 2 is 2.07 bits per heavy atom. The number of pyridine rings is 1. The van der Waals surface area contributed by atoms with Crippen LogP contribution in [0.2, 0.25) is 0 Å². The monoisotopic (exact) mass is 189 g/mol. The minimum atomic E-state index is -0.777. The number of hydrogen-bond donors (Lipinski definition) is 3. The summed E-state index contributed by atoms with van der Waals surface area (Å²) in [5.41, 5.74) is 7.97. The summed E-state index contributed by atoms with van der Waals surface area (Å²) in [6, 6.07) is 3.77. The lowest BCUT2D eigenvalue weighted by molar-refractivity contribution is 0.187. The van der Waals surface area contributed by atoms with E-state index in [0.29, 0.717) is 5.70 Å². The molecule has 0 aromatic carbocycles. The van der Waals surface area contributed by atoms with E-state index in [4.69, 9.17) is 5.73 Å². The maximum atomic E-state index is 9.28. The maximum Gasteiger partial charge on any atom is 0.164 e. The molecule has 1 aliphatic heterocycles. The van der Waals surface area contributed by atoms with Crippen LogP contribution in [0, 0.1) is 0 Å². The molecule has 72 valence electrons.